The predicted molar refractivity (Wildman–Crippen MR) is 61.5 cm³/mol. The minimum absolute atomic E-state index is 0.0426. The number of aliphatic hydroxyl groups is 1. The van der Waals surface area contributed by atoms with Crippen molar-refractivity contribution in [1.82, 2.24) is 5.32 Å². The Bertz CT molecular complexity index is 174. The van der Waals surface area contributed by atoms with E-state index in [0.717, 1.165) is 6.42 Å². The second-order valence-electron chi connectivity index (χ2n) is 3.76. The third kappa shape index (κ3) is 6.27. The van der Waals surface area contributed by atoms with Crippen molar-refractivity contribution in [3.05, 3.63) is 0 Å². The summed E-state index contributed by atoms with van der Waals surface area (Å²) in [5, 5.41) is 11.9. The normalized spacial score (nSPS) is 15.3. The summed E-state index contributed by atoms with van der Waals surface area (Å²) in [5.41, 5.74) is 0. The largest absolute Gasteiger partial charge is 0.396 e. The highest BCUT2D eigenvalue weighted by atomic mass is 32.2. The van der Waals surface area contributed by atoms with Crippen LogP contribution in [0.4, 0.5) is 0 Å². The Morgan fingerprint density at radius 2 is 1.93 bits per heavy atom. The molecule has 0 aliphatic heterocycles. The second-order valence-corrected chi connectivity index (χ2v) is 5.55. The molecule has 0 aliphatic rings. The Kier molecular flexibility index (Phi) is 7.01. The maximum atomic E-state index is 11.5. The SMILES string of the molecule is CC(C)NC(=O)C(C)SC(C)CCO. The van der Waals surface area contributed by atoms with Crippen LogP contribution in [0.15, 0.2) is 0 Å². The van der Waals surface area contributed by atoms with Crippen molar-refractivity contribution in [1.29, 1.82) is 0 Å². The fourth-order valence-corrected chi connectivity index (χ4v) is 2.19. The summed E-state index contributed by atoms with van der Waals surface area (Å²) in [6.45, 7) is 8.02. The highest BCUT2D eigenvalue weighted by Gasteiger charge is 2.16. The van der Waals surface area contributed by atoms with Gasteiger partial charge in [0.05, 0.1) is 5.25 Å². The molecule has 2 N–H and O–H groups in total. The fraction of sp³-hybridized carbons (Fsp3) is 0.900. The summed E-state index contributed by atoms with van der Waals surface area (Å²) < 4.78 is 0. The average molecular weight is 219 g/mol. The van der Waals surface area contributed by atoms with Crippen LogP contribution in [0.2, 0.25) is 0 Å². The quantitative estimate of drug-likeness (QED) is 0.710. The molecule has 0 radical (unpaired) electrons. The molecule has 14 heavy (non-hydrogen) atoms. The standard InChI is InChI=1S/C10H21NO2S/c1-7(2)11-10(13)9(4)14-8(3)5-6-12/h7-9,12H,5-6H2,1-4H3,(H,11,13). The minimum Gasteiger partial charge on any atom is -0.396 e. The van der Waals surface area contributed by atoms with Gasteiger partial charge < -0.3 is 10.4 Å². The van der Waals surface area contributed by atoms with E-state index in [-0.39, 0.29) is 23.8 Å². The predicted octanol–water partition coefficient (Wildman–Crippen LogP) is 1.40. The minimum atomic E-state index is -0.0426. The summed E-state index contributed by atoms with van der Waals surface area (Å²) in [6, 6.07) is 0.193. The van der Waals surface area contributed by atoms with Gasteiger partial charge in [0.15, 0.2) is 0 Å². The van der Waals surface area contributed by atoms with E-state index in [1.54, 1.807) is 11.8 Å². The molecular weight excluding hydrogens is 198 g/mol. The molecule has 0 saturated carbocycles. The van der Waals surface area contributed by atoms with Crippen molar-refractivity contribution < 1.29 is 9.90 Å². The second kappa shape index (κ2) is 7.12. The molecule has 2 atom stereocenters. The van der Waals surface area contributed by atoms with Gasteiger partial charge in [-0.2, -0.15) is 0 Å². The van der Waals surface area contributed by atoms with Crippen molar-refractivity contribution in [2.75, 3.05) is 6.61 Å². The van der Waals surface area contributed by atoms with Gasteiger partial charge in [-0.15, -0.1) is 11.8 Å². The zero-order valence-electron chi connectivity index (χ0n) is 9.41. The van der Waals surface area contributed by atoms with Crippen LogP contribution in [-0.4, -0.2) is 34.2 Å². The van der Waals surface area contributed by atoms with Crippen molar-refractivity contribution in [3.63, 3.8) is 0 Å². The van der Waals surface area contributed by atoms with Crippen molar-refractivity contribution >= 4 is 17.7 Å². The van der Waals surface area contributed by atoms with E-state index in [4.69, 9.17) is 5.11 Å². The molecule has 0 aliphatic carbocycles. The van der Waals surface area contributed by atoms with Crippen LogP contribution < -0.4 is 5.32 Å². The van der Waals surface area contributed by atoms with Crippen LogP contribution in [0.3, 0.4) is 0 Å². The zero-order valence-corrected chi connectivity index (χ0v) is 10.2. The number of nitrogens with one attached hydrogen (secondary N) is 1. The molecule has 0 aromatic carbocycles. The molecule has 0 rings (SSSR count). The molecule has 4 heteroatoms. The topological polar surface area (TPSA) is 49.3 Å². The number of carbonyl (C=O) groups excluding carboxylic acids is 1. The van der Waals surface area contributed by atoms with Crippen LogP contribution >= 0.6 is 11.8 Å². The molecular formula is C10H21NO2S. The number of amides is 1. The Morgan fingerprint density at radius 1 is 1.36 bits per heavy atom. The first-order valence-electron chi connectivity index (χ1n) is 5.04. The Labute approximate surface area is 90.7 Å². The summed E-state index contributed by atoms with van der Waals surface area (Å²) in [4.78, 5) is 11.5. The van der Waals surface area contributed by atoms with Gasteiger partial charge in [-0.1, -0.05) is 6.92 Å². The third-order valence-electron chi connectivity index (χ3n) is 1.77. The monoisotopic (exact) mass is 219 g/mol. The Hall–Kier alpha value is -0.220. The van der Waals surface area contributed by atoms with Gasteiger partial charge in [0.2, 0.25) is 5.91 Å². The van der Waals surface area contributed by atoms with E-state index < -0.39 is 0 Å². The van der Waals surface area contributed by atoms with Gasteiger partial charge in [-0.05, 0) is 27.2 Å². The Morgan fingerprint density at radius 3 is 2.36 bits per heavy atom. The summed E-state index contributed by atoms with van der Waals surface area (Å²) in [7, 11) is 0. The summed E-state index contributed by atoms with van der Waals surface area (Å²) in [5.74, 6) is 0.0785. The molecule has 0 saturated heterocycles. The molecule has 0 heterocycles. The first kappa shape index (κ1) is 13.8. The number of aliphatic hydroxyl groups excluding tert-OH is 1. The average Bonchev–Trinajstić information content (AvgIpc) is 2.02. The number of thioether (sulfide) groups is 1. The maximum Gasteiger partial charge on any atom is 0.233 e. The lowest BCUT2D eigenvalue weighted by atomic mass is 10.3. The molecule has 1 amide bonds. The lowest BCUT2D eigenvalue weighted by Crippen LogP contribution is -2.36. The number of carbonyl (C=O) groups is 1. The molecule has 84 valence electrons. The highest BCUT2D eigenvalue weighted by molar-refractivity contribution is 8.01. The summed E-state index contributed by atoms with van der Waals surface area (Å²) in [6.07, 6.45) is 0.740. The van der Waals surface area contributed by atoms with Gasteiger partial charge in [-0.3, -0.25) is 4.79 Å². The smallest absolute Gasteiger partial charge is 0.233 e. The first-order chi connectivity index (χ1) is 6.47. The van der Waals surface area contributed by atoms with Crippen LogP contribution in [0.25, 0.3) is 0 Å². The van der Waals surface area contributed by atoms with Crippen molar-refractivity contribution in [2.24, 2.45) is 0 Å². The molecule has 0 spiro atoms. The first-order valence-corrected chi connectivity index (χ1v) is 5.98. The van der Waals surface area contributed by atoms with E-state index in [1.165, 1.54) is 0 Å². The van der Waals surface area contributed by atoms with Crippen molar-refractivity contribution in [3.8, 4) is 0 Å². The molecule has 2 unspecified atom stereocenters. The van der Waals surface area contributed by atoms with E-state index in [0.29, 0.717) is 5.25 Å². The molecule has 0 fully saturated rings. The fourth-order valence-electron chi connectivity index (χ4n) is 1.06. The van der Waals surface area contributed by atoms with Crippen LogP contribution in [0, 0.1) is 0 Å². The van der Waals surface area contributed by atoms with Crippen LogP contribution in [0.1, 0.15) is 34.1 Å². The van der Waals surface area contributed by atoms with E-state index >= 15 is 0 Å². The van der Waals surface area contributed by atoms with Gasteiger partial charge in [0, 0.05) is 17.9 Å². The Balaban J connectivity index is 3.82. The number of hydrogen-bond acceptors (Lipinski definition) is 3. The zero-order chi connectivity index (χ0) is 11.1. The van der Waals surface area contributed by atoms with Gasteiger partial charge in [0.25, 0.3) is 0 Å². The summed E-state index contributed by atoms with van der Waals surface area (Å²) >= 11 is 1.60. The third-order valence-corrected chi connectivity index (χ3v) is 3.09. The van der Waals surface area contributed by atoms with Gasteiger partial charge in [-0.25, -0.2) is 0 Å². The van der Waals surface area contributed by atoms with Gasteiger partial charge in [0.1, 0.15) is 0 Å². The van der Waals surface area contributed by atoms with Gasteiger partial charge >= 0.3 is 0 Å². The maximum absolute atomic E-state index is 11.5. The van der Waals surface area contributed by atoms with E-state index in [2.05, 4.69) is 5.32 Å². The number of rotatable bonds is 6. The van der Waals surface area contributed by atoms with E-state index in [1.807, 2.05) is 27.7 Å². The lowest BCUT2D eigenvalue weighted by Gasteiger charge is -2.17. The van der Waals surface area contributed by atoms with Crippen molar-refractivity contribution in [2.45, 2.75) is 50.7 Å². The number of hydrogen-bond donors (Lipinski definition) is 2. The molecule has 0 aromatic heterocycles. The highest BCUT2D eigenvalue weighted by Crippen LogP contribution is 2.19. The molecule has 3 nitrogen and oxygen atoms in total. The van der Waals surface area contributed by atoms with Crippen LogP contribution in [0.5, 0.6) is 0 Å². The molecule has 0 aromatic rings. The molecule has 0 bridgehead atoms. The lowest BCUT2D eigenvalue weighted by molar-refractivity contribution is -0.120. The van der Waals surface area contributed by atoms with Crippen LogP contribution in [-0.2, 0) is 4.79 Å². The van der Waals surface area contributed by atoms with E-state index in [9.17, 15) is 4.79 Å².